The lowest BCUT2D eigenvalue weighted by molar-refractivity contribution is -0.113. The number of aromatic nitrogens is 3. The van der Waals surface area contributed by atoms with Crippen LogP contribution in [0.4, 0.5) is 11.0 Å². The molecule has 1 aliphatic rings. The highest BCUT2D eigenvalue weighted by atomic mass is 32.2. The van der Waals surface area contributed by atoms with Gasteiger partial charge in [0.15, 0.2) is 4.34 Å². The lowest BCUT2D eigenvalue weighted by atomic mass is 9.92. The lowest BCUT2D eigenvalue weighted by Gasteiger charge is -2.12. The molecule has 1 atom stereocenters. The molecule has 1 fully saturated rings. The zero-order chi connectivity index (χ0) is 18.6. The van der Waals surface area contributed by atoms with Crippen molar-refractivity contribution in [2.24, 2.45) is 0 Å². The van der Waals surface area contributed by atoms with Gasteiger partial charge in [0.2, 0.25) is 16.9 Å². The van der Waals surface area contributed by atoms with Gasteiger partial charge in [0.25, 0.3) is 0 Å². The van der Waals surface area contributed by atoms with E-state index >= 15 is 0 Å². The van der Waals surface area contributed by atoms with E-state index in [1.54, 1.807) is 6.07 Å². The maximum absolute atomic E-state index is 12.1. The van der Waals surface area contributed by atoms with E-state index in [4.69, 9.17) is 9.26 Å². The van der Waals surface area contributed by atoms with Crippen LogP contribution in [0.5, 0.6) is 0 Å². The number of hydrogen-bond acceptors (Lipinski definition) is 9. The first-order valence-corrected chi connectivity index (χ1v) is 10.3. The van der Waals surface area contributed by atoms with Crippen LogP contribution in [0.2, 0.25) is 0 Å². The van der Waals surface area contributed by atoms with Gasteiger partial charge in [0.1, 0.15) is 0 Å². The van der Waals surface area contributed by atoms with Gasteiger partial charge >= 0.3 is 0 Å². The van der Waals surface area contributed by atoms with Crippen molar-refractivity contribution in [3.63, 3.8) is 0 Å². The molecule has 142 valence electrons. The zero-order valence-corrected chi connectivity index (χ0v) is 16.7. The molecular formula is C16H23N5O3S2. The Balaban J connectivity index is 1.42. The van der Waals surface area contributed by atoms with Crippen LogP contribution in [-0.4, -0.2) is 46.3 Å². The summed E-state index contributed by atoms with van der Waals surface area (Å²) in [7, 11) is 0. The van der Waals surface area contributed by atoms with Gasteiger partial charge in [-0.15, -0.1) is 10.2 Å². The molecule has 0 saturated carbocycles. The molecule has 26 heavy (non-hydrogen) atoms. The molecule has 3 rings (SSSR count). The second-order valence-electron chi connectivity index (χ2n) is 7.05. The van der Waals surface area contributed by atoms with Crippen molar-refractivity contribution in [2.75, 3.05) is 29.5 Å². The van der Waals surface area contributed by atoms with E-state index in [2.05, 4.69) is 26.0 Å². The summed E-state index contributed by atoms with van der Waals surface area (Å²) in [6, 6.07) is 1.75. The number of thioether (sulfide) groups is 1. The Hall–Kier alpha value is -1.65. The topological polar surface area (TPSA) is 102 Å². The van der Waals surface area contributed by atoms with Crippen LogP contribution >= 0.6 is 23.1 Å². The number of nitrogens with one attached hydrogen (secondary N) is 2. The van der Waals surface area contributed by atoms with Crippen molar-refractivity contribution >= 4 is 40.0 Å². The highest BCUT2D eigenvalue weighted by molar-refractivity contribution is 8.01. The van der Waals surface area contributed by atoms with Crippen molar-refractivity contribution in [3.05, 3.63) is 11.8 Å². The van der Waals surface area contributed by atoms with Crippen LogP contribution in [0.3, 0.4) is 0 Å². The normalized spacial score (nSPS) is 17.4. The number of rotatable bonds is 7. The second kappa shape index (κ2) is 8.36. The first kappa shape index (κ1) is 19.1. The van der Waals surface area contributed by atoms with Crippen LogP contribution in [0.25, 0.3) is 0 Å². The number of amides is 1. The van der Waals surface area contributed by atoms with E-state index < -0.39 is 0 Å². The van der Waals surface area contributed by atoms with E-state index in [1.807, 2.05) is 20.8 Å². The molecule has 1 saturated heterocycles. The minimum absolute atomic E-state index is 0.124. The number of anilines is 2. The third-order valence-corrected chi connectivity index (χ3v) is 5.79. The van der Waals surface area contributed by atoms with E-state index in [-0.39, 0.29) is 23.2 Å². The molecule has 0 aliphatic carbocycles. The van der Waals surface area contributed by atoms with Crippen LogP contribution < -0.4 is 10.6 Å². The van der Waals surface area contributed by atoms with Gasteiger partial charge in [-0.1, -0.05) is 49.0 Å². The van der Waals surface area contributed by atoms with Crippen LogP contribution in [0.1, 0.15) is 39.3 Å². The van der Waals surface area contributed by atoms with Gasteiger partial charge in [-0.3, -0.25) is 10.1 Å². The smallest absolute Gasteiger partial charge is 0.237 e. The van der Waals surface area contributed by atoms with E-state index in [0.29, 0.717) is 5.88 Å². The van der Waals surface area contributed by atoms with E-state index in [0.717, 1.165) is 41.2 Å². The minimum atomic E-state index is -0.171. The van der Waals surface area contributed by atoms with Crippen molar-refractivity contribution in [3.8, 4) is 0 Å². The molecule has 1 amide bonds. The number of carbonyl (C=O) groups is 1. The molecule has 1 aliphatic heterocycles. The number of nitrogens with zero attached hydrogens (tertiary/aromatic N) is 3. The van der Waals surface area contributed by atoms with Crippen molar-refractivity contribution < 1.29 is 14.1 Å². The summed E-state index contributed by atoms with van der Waals surface area (Å²) in [6.07, 6.45) is 2.44. The minimum Gasteiger partial charge on any atom is -0.376 e. The van der Waals surface area contributed by atoms with E-state index in [9.17, 15) is 4.79 Å². The number of hydrogen-bond donors (Lipinski definition) is 2. The molecule has 0 aromatic carbocycles. The molecule has 2 aromatic rings. The Morgan fingerprint density at radius 3 is 2.96 bits per heavy atom. The molecule has 0 spiro atoms. The van der Waals surface area contributed by atoms with Crippen molar-refractivity contribution in [1.82, 2.24) is 15.4 Å². The Labute approximate surface area is 160 Å². The quantitative estimate of drug-likeness (QED) is 0.687. The Morgan fingerprint density at radius 2 is 2.27 bits per heavy atom. The molecule has 8 nitrogen and oxygen atoms in total. The Kier molecular flexibility index (Phi) is 6.15. The third kappa shape index (κ3) is 5.42. The maximum Gasteiger partial charge on any atom is 0.237 e. The predicted molar refractivity (Wildman–Crippen MR) is 102 cm³/mol. The third-order valence-electron chi connectivity index (χ3n) is 3.78. The summed E-state index contributed by atoms with van der Waals surface area (Å²) < 4.78 is 11.5. The van der Waals surface area contributed by atoms with Crippen LogP contribution in [0.15, 0.2) is 14.9 Å². The van der Waals surface area contributed by atoms with Crippen molar-refractivity contribution in [1.29, 1.82) is 0 Å². The molecule has 1 unspecified atom stereocenters. The van der Waals surface area contributed by atoms with Crippen LogP contribution in [-0.2, 0) is 14.9 Å². The van der Waals surface area contributed by atoms with Gasteiger partial charge in [-0.25, -0.2) is 0 Å². The SMILES string of the molecule is CC(C)(C)c1cc(NC(=O)CSc2nnc(NCC3CCCO3)s2)on1. The highest BCUT2D eigenvalue weighted by Crippen LogP contribution is 2.27. The summed E-state index contributed by atoms with van der Waals surface area (Å²) in [5.74, 6) is 0.415. The fourth-order valence-electron chi connectivity index (χ4n) is 2.33. The maximum atomic E-state index is 12.1. The lowest BCUT2D eigenvalue weighted by Crippen LogP contribution is -2.18. The summed E-state index contributed by atoms with van der Waals surface area (Å²) in [5, 5.41) is 18.8. The average Bonchev–Trinajstić information content (AvgIpc) is 3.32. The predicted octanol–water partition coefficient (Wildman–Crippen LogP) is 3.15. The average molecular weight is 398 g/mol. The Morgan fingerprint density at radius 1 is 1.42 bits per heavy atom. The molecular weight excluding hydrogens is 374 g/mol. The fourth-order valence-corrected chi connectivity index (χ4v) is 3.89. The first-order valence-electron chi connectivity index (χ1n) is 8.49. The second-order valence-corrected chi connectivity index (χ2v) is 9.25. The van der Waals surface area contributed by atoms with Crippen LogP contribution in [0, 0.1) is 0 Å². The molecule has 2 N–H and O–H groups in total. The monoisotopic (exact) mass is 397 g/mol. The number of ether oxygens (including phenoxy) is 1. The van der Waals surface area contributed by atoms with Gasteiger partial charge in [0.05, 0.1) is 17.6 Å². The molecule has 2 aromatic heterocycles. The summed E-state index contributed by atoms with van der Waals surface area (Å²) in [6.45, 7) is 7.67. The van der Waals surface area contributed by atoms with Gasteiger partial charge in [0, 0.05) is 24.6 Å². The van der Waals surface area contributed by atoms with E-state index in [1.165, 1.54) is 23.1 Å². The van der Waals surface area contributed by atoms with Gasteiger partial charge < -0.3 is 14.6 Å². The summed E-state index contributed by atoms with van der Waals surface area (Å²) in [5.41, 5.74) is 0.673. The largest absolute Gasteiger partial charge is 0.376 e. The molecule has 0 radical (unpaired) electrons. The molecule has 3 heterocycles. The van der Waals surface area contributed by atoms with Crippen molar-refractivity contribution in [2.45, 2.75) is 49.5 Å². The fraction of sp³-hybridized carbons (Fsp3) is 0.625. The first-order chi connectivity index (χ1) is 12.4. The van der Waals surface area contributed by atoms with Gasteiger partial charge in [-0.05, 0) is 12.8 Å². The summed E-state index contributed by atoms with van der Waals surface area (Å²) >= 11 is 2.77. The summed E-state index contributed by atoms with van der Waals surface area (Å²) in [4.78, 5) is 12.1. The highest BCUT2D eigenvalue weighted by Gasteiger charge is 2.20. The Bertz CT molecular complexity index is 734. The standard InChI is InChI=1S/C16H23N5O3S2/c1-16(2,3)11-7-13(24-21-11)18-12(22)9-25-15-20-19-14(26-15)17-8-10-5-4-6-23-10/h7,10H,4-6,8-9H2,1-3H3,(H,17,19)(H,18,22). The molecule has 0 bridgehead atoms. The zero-order valence-electron chi connectivity index (χ0n) is 15.1. The van der Waals surface area contributed by atoms with Gasteiger partial charge in [-0.2, -0.15) is 0 Å². The number of carbonyl (C=O) groups excluding carboxylic acids is 1. The molecule has 10 heteroatoms.